The molecule has 0 saturated carbocycles. The Balaban J connectivity index is 2.52. The summed E-state index contributed by atoms with van der Waals surface area (Å²) in [7, 11) is 1.43. The summed E-state index contributed by atoms with van der Waals surface area (Å²) in [4.78, 5) is 11.1. The van der Waals surface area contributed by atoms with Gasteiger partial charge in [0.05, 0.1) is 7.11 Å². The molecule has 1 rings (SSSR count). The fourth-order valence-corrected chi connectivity index (χ4v) is 1.30. The van der Waals surface area contributed by atoms with Gasteiger partial charge in [0.1, 0.15) is 0 Å². The summed E-state index contributed by atoms with van der Waals surface area (Å²) in [5, 5.41) is 3.27. The molecule has 0 unspecified atom stereocenters. The molecule has 0 aromatic rings. The Morgan fingerprint density at radius 3 is 3.17 bits per heavy atom. The zero-order chi connectivity index (χ0) is 8.81. The Morgan fingerprint density at radius 1 is 1.58 bits per heavy atom. The summed E-state index contributed by atoms with van der Waals surface area (Å²) >= 11 is 0. The van der Waals surface area contributed by atoms with E-state index in [2.05, 4.69) is 10.1 Å². The zero-order valence-electron chi connectivity index (χ0n) is 7.43. The van der Waals surface area contributed by atoms with E-state index < -0.39 is 0 Å². The minimum absolute atomic E-state index is 0.170. The predicted molar refractivity (Wildman–Crippen MR) is 46.8 cm³/mol. The minimum atomic E-state index is -0.170. The number of rotatable bonds is 1. The second-order valence-corrected chi connectivity index (χ2v) is 2.86. The summed E-state index contributed by atoms with van der Waals surface area (Å²) in [5.41, 5.74) is 0.832. The highest BCUT2D eigenvalue weighted by Crippen LogP contribution is 2.09. The maximum absolute atomic E-state index is 11.1. The molecule has 3 heteroatoms. The van der Waals surface area contributed by atoms with Gasteiger partial charge in [-0.1, -0.05) is 6.08 Å². The van der Waals surface area contributed by atoms with Crippen molar-refractivity contribution in [2.75, 3.05) is 20.2 Å². The third-order valence-corrected chi connectivity index (χ3v) is 1.96. The predicted octanol–water partition coefficient (Wildman–Crippen LogP) is 0.859. The molecule has 0 aromatic heterocycles. The van der Waals surface area contributed by atoms with Crippen molar-refractivity contribution in [2.24, 2.45) is 0 Å². The molecule has 0 atom stereocenters. The van der Waals surface area contributed by atoms with Gasteiger partial charge in [-0.25, -0.2) is 4.79 Å². The summed E-state index contributed by atoms with van der Waals surface area (Å²) in [6.07, 6.45) is 4.74. The van der Waals surface area contributed by atoms with Crippen LogP contribution in [0, 0.1) is 0 Å². The van der Waals surface area contributed by atoms with Crippen LogP contribution in [-0.4, -0.2) is 26.2 Å². The highest BCUT2D eigenvalue weighted by molar-refractivity contribution is 5.88. The fourth-order valence-electron chi connectivity index (χ4n) is 1.30. The van der Waals surface area contributed by atoms with Gasteiger partial charge in [-0.3, -0.25) is 0 Å². The van der Waals surface area contributed by atoms with Crippen LogP contribution in [-0.2, 0) is 9.53 Å². The van der Waals surface area contributed by atoms with Gasteiger partial charge >= 0.3 is 5.97 Å². The highest BCUT2D eigenvalue weighted by atomic mass is 16.5. The lowest BCUT2D eigenvalue weighted by Crippen LogP contribution is -2.19. The number of methoxy groups -OCH3 is 1. The topological polar surface area (TPSA) is 38.3 Å². The zero-order valence-corrected chi connectivity index (χ0v) is 7.43. The molecule has 0 amide bonds. The van der Waals surface area contributed by atoms with Gasteiger partial charge in [0.15, 0.2) is 0 Å². The van der Waals surface area contributed by atoms with Gasteiger partial charge in [-0.2, -0.15) is 0 Å². The van der Waals surface area contributed by atoms with Crippen molar-refractivity contribution in [2.45, 2.75) is 19.3 Å². The third-order valence-electron chi connectivity index (χ3n) is 1.96. The van der Waals surface area contributed by atoms with E-state index in [9.17, 15) is 4.79 Å². The van der Waals surface area contributed by atoms with Crippen molar-refractivity contribution < 1.29 is 9.53 Å². The summed E-state index contributed by atoms with van der Waals surface area (Å²) in [6, 6.07) is 0. The summed E-state index contributed by atoms with van der Waals surface area (Å²) < 4.78 is 4.66. The van der Waals surface area contributed by atoms with E-state index in [0.717, 1.165) is 37.9 Å². The molecular formula is C9H15NO2. The third kappa shape index (κ3) is 2.66. The first kappa shape index (κ1) is 9.26. The largest absolute Gasteiger partial charge is 0.466 e. The van der Waals surface area contributed by atoms with Crippen LogP contribution in [0.15, 0.2) is 11.6 Å². The molecule has 12 heavy (non-hydrogen) atoms. The van der Waals surface area contributed by atoms with E-state index in [0.29, 0.717) is 0 Å². The Hall–Kier alpha value is -0.830. The molecule has 1 heterocycles. The van der Waals surface area contributed by atoms with Crippen LogP contribution in [0.3, 0.4) is 0 Å². The van der Waals surface area contributed by atoms with E-state index in [1.807, 2.05) is 6.08 Å². The van der Waals surface area contributed by atoms with Crippen LogP contribution in [0.1, 0.15) is 19.3 Å². The number of ether oxygens (including phenoxy) is 1. The average molecular weight is 169 g/mol. The second-order valence-electron chi connectivity index (χ2n) is 2.86. The molecule has 68 valence electrons. The van der Waals surface area contributed by atoms with E-state index in [-0.39, 0.29) is 5.97 Å². The average Bonchev–Trinajstić information content (AvgIpc) is 2.02. The smallest absolute Gasteiger partial charge is 0.333 e. The van der Waals surface area contributed by atoms with Crippen molar-refractivity contribution >= 4 is 5.97 Å². The van der Waals surface area contributed by atoms with Crippen LogP contribution in [0.4, 0.5) is 0 Å². The molecule has 1 N–H and O–H groups in total. The van der Waals surface area contributed by atoms with Crippen LogP contribution in [0.25, 0.3) is 0 Å². The SMILES string of the molecule is COC(=O)/C1=C/CCNCCC1. The van der Waals surface area contributed by atoms with Gasteiger partial charge in [0.25, 0.3) is 0 Å². The second kappa shape index (κ2) is 4.93. The molecule has 3 nitrogen and oxygen atoms in total. The monoisotopic (exact) mass is 169 g/mol. The van der Waals surface area contributed by atoms with Crippen LogP contribution >= 0.6 is 0 Å². The molecule has 0 spiro atoms. The number of hydrogen-bond donors (Lipinski definition) is 1. The Labute approximate surface area is 72.8 Å². The summed E-state index contributed by atoms with van der Waals surface area (Å²) in [6.45, 7) is 1.95. The molecule has 0 radical (unpaired) electrons. The van der Waals surface area contributed by atoms with Gasteiger partial charge in [0, 0.05) is 5.57 Å². The van der Waals surface area contributed by atoms with Crippen LogP contribution in [0.5, 0.6) is 0 Å². The molecular weight excluding hydrogens is 154 g/mol. The minimum Gasteiger partial charge on any atom is -0.466 e. The van der Waals surface area contributed by atoms with Crippen molar-refractivity contribution in [1.29, 1.82) is 0 Å². The van der Waals surface area contributed by atoms with E-state index in [4.69, 9.17) is 0 Å². The number of esters is 1. The highest BCUT2D eigenvalue weighted by Gasteiger charge is 2.09. The van der Waals surface area contributed by atoms with Crippen LogP contribution < -0.4 is 5.32 Å². The van der Waals surface area contributed by atoms with Gasteiger partial charge in [-0.15, -0.1) is 0 Å². The molecule has 0 saturated heterocycles. The molecule has 0 aliphatic carbocycles. The maximum atomic E-state index is 11.1. The first-order valence-corrected chi connectivity index (χ1v) is 4.32. The lowest BCUT2D eigenvalue weighted by molar-refractivity contribution is -0.136. The molecule has 1 aliphatic rings. The van der Waals surface area contributed by atoms with E-state index in [1.54, 1.807) is 0 Å². The van der Waals surface area contributed by atoms with Gasteiger partial charge in [-0.05, 0) is 32.4 Å². The normalized spacial score (nSPS) is 23.2. The standard InChI is InChI=1S/C9H15NO2/c1-12-9(11)8-4-2-6-10-7-3-5-8/h4,10H,2-3,5-7H2,1H3/b8-4+. The van der Waals surface area contributed by atoms with E-state index >= 15 is 0 Å². The Kier molecular flexibility index (Phi) is 3.80. The van der Waals surface area contributed by atoms with Crippen molar-refractivity contribution in [1.82, 2.24) is 5.32 Å². The molecule has 0 aromatic carbocycles. The van der Waals surface area contributed by atoms with Crippen molar-refractivity contribution in [3.63, 3.8) is 0 Å². The molecule has 1 aliphatic heterocycles. The number of hydrogen-bond acceptors (Lipinski definition) is 3. The fraction of sp³-hybridized carbons (Fsp3) is 0.667. The lowest BCUT2D eigenvalue weighted by atomic mass is 10.1. The Morgan fingerprint density at radius 2 is 2.42 bits per heavy atom. The van der Waals surface area contributed by atoms with Gasteiger partial charge < -0.3 is 10.1 Å². The first-order valence-electron chi connectivity index (χ1n) is 4.32. The number of carbonyl (C=O) groups excluding carboxylic acids is 1. The summed E-state index contributed by atoms with van der Waals surface area (Å²) in [5.74, 6) is -0.170. The van der Waals surface area contributed by atoms with Crippen molar-refractivity contribution in [3.8, 4) is 0 Å². The number of nitrogens with one attached hydrogen (secondary N) is 1. The Bertz CT molecular complexity index is 187. The lowest BCUT2D eigenvalue weighted by Gasteiger charge is -2.10. The van der Waals surface area contributed by atoms with Crippen LogP contribution in [0.2, 0.25) is 0 Å². The molecule has 0 bridgehead atoms. The van der Waals surface area contributed by atoms with E-state index in [1.165, 1.54) is 7.11 Å². The van der Waals surface area contributed by atoms with Crippen molar-refractivity contribution in [3.05, 3.63) is 11.6 Å². The quantitative estimate of drug-likeness (QED) is 0.592. The first-order chi connectivity index (χ1) is 5.84. The molecule has 0 fully saturated rings. The number of carbonyl (C=O) groups is 1. The maximum Gasteiger partial charge on any atom is 0.333 e. The van der Waals surface area contributed by atoms with Gasteiger partial charge in [0.2, 0.25) is 0 Å².